The van der Waals surface area contributed by atoms with E-state index in [9.17, 15) is 0 Å². The van der Waals surface area contributed by atoms with E-state index >= 15 is 0 Å². The molecule has 2 N–H and O–H groups in total. The molecule has 1 aromatic heterocycles. The summed E-state index contributed by atoms with van der Waals surface area (Å²) in [4.78, 5) is 5.36. The van der Waals surface area contributed by atoms with Gasteiger partial charge in [0.15, 0.2) is 5.13 Å². The van der Waals surface area contributed by atoms with Crippen LogP contribution >= 0.6 is 27.3 Å². The zero-order chi connectivity index (χ0) is 13.1. The first-order chi connectivity index (χ1) is 8.60. The van der Waals surface area contributed by atoms with Crippen LogP contribution in [0.15, 0.2) is 22.8 Å². The summed E-state index contributed by atoms with van der Waals surface area (Å²) in [5.74, 6) is 0.932. The Hall–Kier alpha value is -1.07. The van der Waals surface area contributed by atoms with Gasteiger partial charge in [-0.05, 0) is 52.9 Å². The number of nitrogens with zero attached hydrogens (tertiary/aromatic N) is 1. The Labute approximate surface area is 119 Å². The molecule has 2 aromatic rings. The molecule has 2 rings (SSSR count). The fraction of sp³-hybridized carbons (Fsp3) is 0.308. The number of rotatable bonds is 4. The zero-order valence-electron chi connectivity index (χ0n) is 10.4. The highest BCUT2D eigenvalue weighted by Crippen LogP contribution is 2.27. The zero-order valence-corrected chi connectivity index (χ0v) is 12.8. The summed E-state index contributed by atoms with van der Waals surface area (Å²) in [6.07, 6.45) is 1.92. The topological polar surface area (TPSA) is 48.1 Å². The van der Waals surface area contributed by atoms with Crippen molar-refractivity contribution in [3.8, 4) is 5.75 Å². The number of thiazole rings is 1. The van der Waals surface area contributed by atoms with Crippen molar-refractivity contribution in [2.75, 3.05) is 12.8 Å². The van der Waals surface area contributed by atoms with Crippen LogP contribution in [0.4, 0.5) is 5.13 Å². The number of benzene rings is 1. The van der Waals surface area contributed by atoms with Gasteiger partial charge < -0.3 is 10.5 Å². The van der Waals surface area contributed by atoms with Gasteiger partial charge in [-0.25, -0.2) is 4.98 Å². The minimum Gasteiger partial charge on any atom is -0.496 e. The molecule has 0 fully saturated rings. The van der Waals surface area contributed by atoms with Gasteiger partial charge in [-0.1, -0.05) is 12.1 Å². The number of aryl methyl sites for hydroxylation is 3. The Morgan fingerprint density at radius 3 is 2.72 bits per heavy atom. The highest BCUT2D eigenvalue weighted by atomic mass is 79.9. The predicted molar refractivity (Wildman–Crippen MR) is 79.4 cm³/mol. The lowest BCUT2D eigenvalue weighted by Crippen LogP contribution is -1.93. The number of methoxy groups -OCH3 is 1. The molecule has 0 aliphatic rings. The van der Waals surface area contributed by atoms with Gasteiger partial charge in [-0.15, -0.1) is 11.3 Å². The number of hydrogen-bond acceptors (Lipinski definition) is 4. The number of ether oxygens (including phenoxy) is 1. The smallest absolute Gasteiger partial charge is 0.181 e. The third-order valence-electron chi connectivity index (χ3n) is 2.77. The van der Waals surface area contributed by atoms with Gasteiger partial charge >= 0.3 is 0 Å². The summed E-state index contributed by atoms with van der Waals surface area (Å²) in [5, 5.41) is 0.614. The Morgan fingerprint density at radius 2 is 2.17 bits per heavy atom. The molecule has 0 aliphatic carbocycles. The molecule has 0 spiro atoms. The minimum atomic E-state index is 0.614. The molecule has 1 heterocycles. The SMILES string of the molecule is COc1ccc(CCc2sc(N)nc2Br)cc1C. The lowest BCUT2D eigenvalue weighted by molar-refractivity contribution is 0.411. The molecule has 5 heteroatoms. The second-order valence-corrected chi connectivity index (χ2v) is 5.94. The lowest BCUT2D eigenvalue weighted by atomic mass is 10.1. The van der Waals surface area contributed by atoms with Crippen LogP contribution in [0.2, 0.25) is 0 Å². The normalized spacial score (nSPS) is 10.6. The van der Waals surface area contributed by atoms with Gasteiger partial charge in [0.05, 0.1) is 7.11 Å². The number of nitrogens with two attached hydrogens (primary N) is 1. The Morgan fingerprint density at radius 1 is 1.39 bits per heavy atom. The van der Waals surface area contributed by atoms with Crippen LogP contribution in [-0.2, 0) is 12.8 Å². The summed E-state index contributed by atoms with van der Waals surface area (Å²) in [6, 6.07) is 6.28. The van der Waals surface area contributed by atoms with E-state index in [1.807, 2.05) is 6.07 Å². The second-order valence-electron chi connectivity index (χ2n) is 4.07. The molecular formula is C13H15BrN2OS. The molecule has 3 nitrogen and oxygen atoms in total. The van der Waals surface area contributed by atoms with Crippen molar-refractivity contribution >= 4 is 32.4 Å². The van der Waals surface area contributed by atoms with E-state index in [1.165, 1.54) is 10.4 Å². The van der Waals surface area contributed by atoms with Crippen molar-refractivity contribution in [3.05, 3.63) is 38.8 Å². The van der Waals surface area contributed by atoms with Crippen molar-refractivity contribution < 1.29 is 4.74 Å². The summed E-state index contributed by atoms with van der Waals surface area (Å²) in [6.45, 7) is 2.06. The maximum absolute atomic E-state index is 5.67. The minimum absolute atomic E-state index is 0.614. The van der Waals surface area contributed by atoms with Crippen molar-refractivity contribution in [1.29, 1.82) is 0 Å². The maximum Gasteiger partial charge on any atom is 0.181 e. The molecule has 0 atom stereocenters. The highest BCUT2D eigenvalue weighted by molar-refractivity contribution is 9.10. The van der Waals surface area contributed by atoms with E-state index in [0.29, 0.717) is 5.13 Å². The molecule has 0 bridgehead atoms. The standard InChI is InChI=1S/C13H15BrN2OS/c1-8-7-9(3-5-10(8)17-2)4-6-11-12(14)16-13(15)18-11/h3,5,7H,4,6H2,1-2H3,(H2,15,16). The number of aromatic nitrogens is 1. The van der Waals surface area contributed by atoms with E-state index in [-0.39, 0.29) is 0 Å². The molecule has 96 valence electrons. The average Bonchev–Trinajstić information content (AvgIpc) is 2.65. The number of halogens is 1. The molecule has 18 heavy (non-hydrogen) atoms. The first-order valence-corrected chi connectivity index (χ1v) is 7.25. The summed E-state index contributed by atoms with van der Waals surface area (Å²) in [5.41, 5.74) is 8.13. The highest BCUT2D eigenvalue weighted by Gasteiger charge is 2.07. The van der Waals surface area contributed by atoms with Crippen LogP contribution < -0.4 is 10.5 Å². The van der Waals surface area contributed by atoms with Crippen molar-refractivity contribution in [1.82, 2.24) is 4.98 Å². The molecule has 0 radical (unpaired) electrons. The van der Waals surface area contributed by atoms with Gasteiger partial charge in [-0.2, -0.15) is 0 Å². The molecule has 0 amide bonds. The van der Waals surface area contributed by atoms with Gasteiger partial charge in [0.2, 0.25) is 0 Å². The summed E-state index contributed by atoms with van der Waals surface area (Å²) >= 11 is 4.97. The van der Waals surface area contributed by atoms with Crippen LogP contribution in [0.25, 0.3) is 0 Å². The van der Waals surface area contributed by atoms with E-state index in [0.717, 1.165) is 28.8 Å². The summed E-state index contributed by atoms with van der Waals surface area (Å²) in [7, 11) is 1.69. The van der Waals surface area contributed by atoms with Gasteiger partial charge in [0, 0.05) is 4.88 Å². The molecule has 0 saturated carbocycles. The quantitative estimate of drug-likeness (QED) is 0.933. The van der Waals surface area contributed by atoms with Crippen molar-refractivity contribution in [2.24, 2.45) is 0 Å². The average molecular weight is 327 g/mol. The van der Waals surface area contributed by atoms with Crippen LogP contribution in [-0.4, -0.2) is 12.1 Å². The lowest BCUT2D eigenvalue weighted by Gasteiger charge is -2.07. The van der Waals surface area contributed by atoms with Crippen LogP contribution in [0.1, 0.15) is 16.0 Å². The number of nitrogen functional groups attached to an aromatic ring is 1. The first-order valence-electron chi connectivity index (χ1n) is 5.64. The van der Waals surface area contributed by atoms with Crippen LogP contribution in [0.3, 0.4) is 0 Å². The molecule has 1 aromatic carbocycles. The van der Waals surface area contributed by atoms with E-state index in [4.69, 9.17) is 10.5 Å². The Bertz CT molecular complexity index is 554. The molecule has 0 saturated heterocycles. The fourth-order valence-corrected chi connectivity index (χ4v) is 3.33. The van der Waals surface area contributed by atoms with Gasteiger partial charge in [0.1, 0.15) is 10.4 Å². The molecular weight excluding hydrogens is 312 g/mol. The van der Waals surface area contributed by atoms with Crippen molar-refractivity contribution in [3.63, 3.8) is 0 Å². The summed E-state index contributed by atoms with van der Waals surface area (Å²) < 4.78 is 6.12. The second kappa shape index (κ2) is 5.71. The third kappa shape index (κ3) is 3.03. The number of anilines is 1. The van der Waals surface area contributed by atoms with Crippen LogP contribution in [0.5, 0.6) is 5.75 Å². The Balaban J connectivity index is 2.06. The molecule has 0 unspecified atom stereocenters. The Kier molecular flexibility index (Phi) is 4.24. The van der Waals surface area contributed by atoms with Gasteiger partial charge in [0.25, 0.3) is 0 Å². The predicted octanol–water partition coefficient (Wildman–Crippen LogP) is 3.59. The van der Waals surface area contributed by atoms with E-state index in [2.05, 4.69) is 40.0 Å². The van der Waals surface area contributed by atoms with E-state index < -0.39 is 0 Å². The van der Waals surface area contributed by atoms with Crippen LogP contribution in [0, 0.1) is 6.92 Å². The first kappa shape index (κ1) is 13.4. The van der Waals surface area contributed by atoms with Crippen molar-refractivity contribution in [2.45, 2.75) is 19.8 Å². The largest absolute Gasteiger partial charge is 0.496 e. The van der Waals surface area contributed by atoms with E-state index in [1.54, 1.807) is 18.4 Å². The monoisotopic (exact) mass is 326 g/mol. The maximum atomic E-state index is 5.67. The number of hydrogen-bond donors (Lipinski definition) is 1. The van der Waals surface area contributed by atoms with Gasteiger partial charge in [-0.3, -0.25) is 0 Å². The third-order valence-corrected chi connectivity index (χ3v) is 4.63. The fourth-order valence-electron chi connectivity index (χ4n) is 1.86. The molecule has 0 aliphatic heterocycles.